The van der Waals surface area contributed by atoms with E-state index in [1.54, 1.807) is 4.88 Å². The van der Waals surface area contributed by atoms with Gasteiger partial charge >= 0.3 is 0 Å². The molecule has 3 aromatic rings. The van der Waals surface area contributed by atoms with Crippen molar-refractivity contribution in [2.24, 2.45) is 0 Å². The van der Waals surface area contributed by atoms with Gasteiger partial charge < -0.3 is 5.32 Å². The van der Waals surface area contributed by atoms with Crippen LogP contribution < -0.4 is 5.32 Å². The lowest BCUT2D eigenvalue weighted by Gasteiger charge is -2.24. The molecule has 1 atom stereocenters. The number of hydrogen-bond donors (Lipinski definition) is 1. The topological polar surface area (TPSA) is 12.0 Å². The van der Waals surface area contributed by atoms with E-state index in [4.69, 9.17) is 0 Å². The van der Waals surface area contributed by atoms with Crippen LogP contribution in [0.1, 0.15) is 29.3 Å². The first-order valence-corrected chi connectivity index (χ1v) is 9.22. The summed E-state index contributed by atoms with van der Waals surface area (Å²) in [5, 5.41) is 6.35. The van der Waals surface area contributed by atoms with Crippen LogP contribution in [0, 0.1) is 2.88 Å². The predicted molar refractivity (Wildman–Crippen MR) is 100 cm³/mol. The molecule has 0 amide bonds. The molecule has 1 heterocycles. The van der Waals surface area contributed by atoms with Crippen LogP contribution in [0.4, 0.5) is 5.69 Å². The normalized spacial score (nSPS) is 17.7. The van der Waals surface area contributed by atoms with Gasteiger partial charge in [0.15, 0.2) is 0 Å². The molecular weight excluding hydrogens is 389 g/mol. The standard InChI is InChI=1S/C18H16INS/c19-18-11-15-16(6-3-7-17(15)21-18)20-14-9-8-12-4-1-2-5-13(12)10-14/h1-2,4-5,8-11,16,20H,3,6-7H2. The van der Waals surface area contributed by atoms with E-state index in [1.807, 2.05) is 11.3 Å². The molecule has 1 unspecified atom stereocenters. The third-order valence-corrected chi connectivity index (χ3v) is 6.15. The molecule has 0 radical (unpaired) electrons. The fraction of sp³-hybridized carbons (Fsp3) is 0.222. The Balaban J connectivity index is 1.66. The number of benzene rings is 2. The van der Waals surface area contributed by atoms with Crippen LogP contribution in [0.2, 0.25) is 0 Å². The number of thiophene rings is 1. The lowest BCUT2D eigenvalue weighted by Crippen LogP contribution is -2.15. The number of nitrogens with one attached hydrogen (secondary N) is 1. The summed E-state index contributed by atoms with van der Waals surface area (Å²) >= 11 is 4.40. The largest absolute Gasteiger partial charge is 0.378 e. The van der Waals surface area contributed by atoms with Gasteiger partial charge in [-0.3, -0.25) is 0 Å². The van der Waals surface area contributed by atoms with Gasteiger partial charge in [-0.25, -0.2) is 0 Å². The molecule has 21 heavy (non-hydrogen) atoms. The van der Waals surface area contributed by atoms with Crippen molar-refractivity contribution in [1.29, 1.82) is 0 Å². The zero-order valence-electron chi connectivity index (χ0n) is 11.6. The SMILES string of the molecule is Ic1cc2c(s1)CCCC2Nc1ccc2ccccc2c1. The zero-order chi connectivity index (χ0) is 14.2. The number of rotatable bonds is 2. The molecule has 1 aromatic heterocycles. The second-order valence-electron chi connectivity index (χ2n) is 5.58. The quantitative estimate of drug-likeness (QED) is 0.516. The van der Waals surface area contributed by atoms with Crippen LogP contribution in [0.5, 0.6) is 0 Å². The van der Waals surface area contributed by atoms with Crippen LogP contribution >= 0.6 is 33.9 Å². The molecule has 4 rings (SSSR count). The average molecular weight is 405 g/mol. The summed E-state index contributed by atoms with van der Waals surface area (Å²) < 4.78 is 1.41. The summed E-state index contributed by atoms with van der Waals surface area (Å²) in [6.45, 7) is 0. The van der Waals surface area contributed by atoms with Crippen molar-refractivity contribution in [1.82, 2.24) is 0 Å². The molecule has 0 saturated heterocycles. The van der Waals surface area contributed by atoms with Crippen LogP contribution in [-0.2, 0) is 6.42 Å². The maximum atomic E-state index is 3.75. The number of fused-ring (bicyclic) bond motifs is 2. The monoisotopic (exact) mass is 405 g/mol. The van der Waals surface area contributed by atoms with Gasteiger partial charge in [0, 0.05) is 10.6 Å². The molecule has 0 fully saturated rings. The summed E-state index contributed by atoms with van der Waals surface area (Å²) in [5.41, 5.74) is 2.75. The van der Waals surface area contributed by atoms with Crippen LogP contribution in [0.15, 0.2) is 48.5 Å². The zero-order valence-corrected chi connectivity index (χ0v) is 14.6. The number of aryl methyl sites for hydroxylation is 1. The van der Waals surface area contributed by atoms with Gasteiger partial charge in [0.1, 0.15) is 0 Å². The predicted octanol–water partition coefficient (Wildman–Crippen LogP) is 6.00. The smallest absolute Gasteiger partial charge is 0.0660 e. The maximum absolute atomic E-state index is 3.75. The lowest BCUT2D eigenvalue weighted by atomic mass is 9.94. The Kier molecular flexibility index (Phi) is 3.63. The molecule has 0 spiro atoms. The van der Waals surface area contributed by atoms with E-state index in [0.717, 1.165) is 0 Å². The molecule has 0 bridgehead atoms. The molecule has 106 valence electrons. The molecule has 0 aliphatic heterocycles. The van der Waals surface area contributed by atoms with E-state index < -0.39 is 0 Å². The lowest BCUT2D eigenvalue weighted by molar-refractivity contribution is 0.609. The summed E-state index contributed by atoms with van der Waals surface area (Å²) in [7, 11) is 0. The Labute approximate surface area is 142 Å². The highest BCUT2D eigenvalue weighted by Crippen LogP contribution is 2.38. The van der Waals surface area contributed by atoms with Gasteiger partial charge in [0.2, 0.25) is 0 Å². The average Bonchev–Trinajstić information content (AvgIpc) is 2.89. The fourth-order valence-electron chi connectivity index (χ4n) is 3.15. The first-order chi connectivity index (χ1) is 10.3. The van der Waals surface area contributed by atoms with E-state index in [9.17, 15) is 0 Å². The van der Waals surface area contributed by atoms with Gasteiger partial charge in [-0.2, -0.15) is 0 Å². The minimum Gasteiger partial charge on any atom is -0.378 e. The van der Waals surface area contributed by atoms with Crippen molar-refractivity contribution in [2.75, 3.05) is 5.32 Å². The molecule has 0 saturated carbocycles. The van der Waals surface area contributed by atoms with Gasteiger partial charge in [-0.1, -0.05) is 30.3 Å². The number of halogens is 1. The van der Waals surface area contributed by atoms with Crippen molar-refractivity contribution in [3.63, 3.8) is 0 Å². The van der Waals surface area contributed by atoms with Gasteiger partial charge in [0.25, 0.3) is 0 Å². The first kappa shape index (κ1) is 13.6. The Bertz CT molecular complexity index is 793. The second-order valence-corrected chi connectivity index (χ2v) is 8.61. The van der Waals surface area contributed by atoms with Crippen molar-refractivity contribution in [3.05, 3.63) is 61.9 Å². The Morgan fingerprint density at radius 1 is 1.05 bits per heavy atom. The van der Waals surface area contributed by atoms with Crippen molar-refractivity contribution >= 4 is 50.4 Å². The van der Waals surface area contributed by atoms with E-state index in [-0.39, 0.29) is 0 Å². The van der Waals surface area contributed by atoms with Crippen LogP contribution in [0.25, 0.3) is 10.8 Å². The minimum atomic E-state index is 0.467. The van der Waals surface area contributed by atoms with Gasteiger partial charge in [-0.15, -0.1) is 11.3 Å². The molecule has 1 N–H and O–H groups in total. The highest BCUT2D eigenvalue weighted by atomic mass is 127. The van der Waals surface area contributed by atoms with E-state index in [1.165, 1.54) is 44.2 Å². The molecule has 1 aliphatic carbocycles. The highest BCUT2D eigenvalue weighted by molar-refractivity contribution is 14.1. The summed E-state index contributed by atoms with van der Waals surface area (Å²) in [6, 6.07) is 18.0. The molecule has 1 nitrogen and oxygen atoms in total. The molecular formula is C18H16INS. The summed E-state index contributed by atoms with van der Waals surface area (Å²) in [6.07, 6.45) is 3.76. The summed E-state index contributed by atoms with van der Waals surface area (Å²) in [4.78, 5) is 1.57. The highest BCUT2D eigenvalue weighted by Gasteiger charge is 2.22. The van der Waals surface area contributed by atoms with E-state index >= 15 is 0 Å². The van der Waals surface area contributed by atoms with Crippen molar-refractivity contribution < 1.29 is 0 Å². The van der Waals surface area contributed by atoms with Gasteiger partial charge in [-0.05, 0) is 76.4 Å². The Morgan fingerprint density at radius 3 is 2.81 bits per heavy atom. The van der Waals surface area contributed by atoms with Crippen LogP contribution in [0.3, 0.4) is 0 Å². The van der Waals surface area contributed by atoms with E-state index in [0.29, 0.717) is 6.04 Å². The molecule has 1 aliphatic rings. The first-order valence-electron chi connectivity index (χ1n) is 7.33. The molecule has 2 aromatic carbocycles. The third kappa shape index (κ3) is 2.69. The third-order valence-electron chi connectivity index (χ3n) is 4.17. The number of hydrogen-bond acceptors (Lipinski definition) is 2. The van der Waals surface area contributed by atoms with E-state index in [2.05, 4.69) is 76.4 Å². The maximum Gasteiger partial charge on any atom is 0.0660 e. The molecule has 3 heteroatoms. The van der Waals surface area contributed by atoms with Crippen LogP contribution in [-0.4, -0.2) is 0 Å². The minimum absolute atomic E-state index is 0.467. The van der Waals surface area contributed by atoms with Gasteiger partial charge in [0.05, 0.1) is 8.93 Å². The fourth-order valence-corrected chi connectivity index (χ4v) is 5.27. The Hall–Kier alpha value is -1.07. The number of anilines is 1. The Morgan fingerprint density at radius 2 is 1.90 bits per heavy atom. The second kappa shape index (κ2) is 5.61. The summed E-state index contributed by atoms with van der Waals surface area (Å²) in [5.74, 6) is 0. The van der Waals surface area contributed by atoms with Crippen molar-refractivity contribution in [3.8, 4) is 0 Å². The van der Waals surface area contributed by atoms with Crippen molar-refractivity contribution in [2.45, 2.75) is 25.3 Å².